The lowest BCUT2D eigenvalue weighted by molar-refractivity contribution is 0.0479. The van der Waals surface area contributed by atoms with Crippen molar-refractivity contribution in [3.05, 3.63) is 111 Å². The first-order valence-electron chi connectivity index (χ1n) is 10.5. The molecule has 1 N–H and O–H groups in total. The van der Waals surface area contributed by atoms with Gasteiger partial charge >= 0.3 is 0 Å². The second-order valence-electron chi connectivity index (χ2n) is 7.63. The monoisotopic (exact) mass is 445 g/mol. The summed E-state index contributed by atoms with van der Waals surface area (Å²) in [4.78, 5) is 24.4. The molecule has 0 aliphatic heterocycles. The van der Waals surface area contributed by atoms with Crippen molar-refractivity contribution < 1.29 is 4.74 Å². The second kappa shape index (κ2) is 9.90. The van der Waals surface area contributed by atoms with Crippen molar-refractivity contribution in [2.75, 3.05) is 0 Å². The van der Waals surface area contributed by atoms with Crippen LogP contribution in [-0.2, 0) is 11.3 Å². The third-order valence-electron chi connectivity index (χ3n) is 5.31. The number of hydrogen-bond donors (Lipinski definition) is 1. The lowest BCUT2D eigenvalue weighted by atomic mass is 9.98. The Morgan fingerprint density at radius 1 is 1.19 bits per heavy atom. The molecule has 162 valence electrons. The molecule has 0 bridgehead atoms. The van der Waals surface area contributed by atoms with E-state index >= 15 is 0 Å². The fraction of sp³-hybridized carbons (Fsp3) is 0.192. The number of nitrogens with one attached hydrogen (secondary N) is 1. The molecule has 0 amide bonds. The van der Waals surface area contributed by atoms with Gasteiger partial charge in [-0.2, -0.15) is 4.98 Å². The predicted molar refractivity (Wildman–Crippen MR) is 128 cm³/mol. The summed E-state index contributed by atoms with van der Waals surface area (Å²) in [5.74, 6) is 0.487. The van der Waals surface area contributed by atoms with E-state index in [0.29, 0.717) is 16.5 Å². The Kier molecular flexibility index (Phi) is 6.78. The van der Waals surface area contributed by atoms with Crippen LogP contribution in [0.25, 0.3) is 16.7 Å². The summed E-state index contributed by atoms with van der Waals surface area (Å²) < 4.78 is 5.88. The van der Waals surface area contributed by atoms with E-state index in [0.717, 1.165) is 34.4 Å². The molecule has 3 aromatic rings. The number of rotatable bonds is 6. The highest BCUT2D eigenvalue weighted by atomic mass is 35.5. The van der Waals surface area contributed by atoms with Gasteiger partial charge in [0.05, 0.1) is 11.7 Å². The maximum atomic E-state index is 12.9. The fourth-order valence-corrected chi connectivity index (χ4v) is 3.72. The topological polar surface area (TPSA) is 67.9 Å². The molecule has 1 aliphatic rings. The average Bonchev–Trinajstić information content (AvgIpc) is 3.07. The average molecular weight is 446 g/mol. The number of aryl methyl sites for hydroxylation is 1. The van der Waals surface area contributed by atoms with E-state index in [1.807, 2.05) is 44.2 Å². The molecule has 2 aromatic heterocycles. The highest BCUT2D eigenvalue weighted by molar-refractivity contribution is 6.29. The predicted octanol–water partition coefficient (Wildman–Crippen LogP) is 5.97. The van der Waals surface area contributed by atoms with Crippen molar-refractivity contribution in [2.24, 2.45) is 0 Å². The number of aromatic amines is 1. The zero-order chi connectivity index (χ0) is 22.5. The summed E-state index contributed by atoms with van der Waals surface area (Å²) in [6.45, 7) is 3.99. The van der Waals surface area contributed by atoms with Gasteiger partial charge in [0.25, 0.3) is 5.56 Å². The Bertz CT molecular complexity index is 1260. The van der Waals surface area contributed by atoms with Gasteiger partial charge in [-0.15, -0.1) is 0 Å². The third kappa shape index (κ3) is 5.13. The van der Waals surface area contributed by atoms with Crippen molar-refractivity contribution in [2.45, 2.75) is 33.0 Å². The maximum absolute atomic E-state index is 12.9. The lowest BCUT2D eigenvalue weighted by Gasteiger charge is -2.14. The van der Waals surface area contributed by atoms with Crippen LogP contribution in [0.4, 0.5) is 0 Å². The fourth-order valence-electron chi connectivity index (χ4n) is 3.61. The number of ether oxygens (including phenoxy) is 1. The summed E-state index contributed by atoms with van der Waals surface area (Å²) in [5.41, 5.74) is 4.96. The zero-order valence-corrected chi connectivity index (χ0v) is 18.8. The second-order valence-corrected chi connectivity index (χ2v) is 8.01. The number of pyridine rings is 1. The van der Waals surface area contributed by atoms with Gasteiger partial charge in [-0.3, -0.25) is 4.79 Å². The first-order chi connectivity index (χ1) is 15.5. The Balaban J connectivity index is 1.55. The molecule has 0 radical (unpaired) electrons. The van der Waals surface area contributed by atoms with Crippen LogP contribution in [-0.4, -0.2) is 15.0 Å². The first-order valence-corrected chi connectivity index (χ1v) is 10.9. The highest BCUT2D eigenvalue weighted by Crippen LogP contribution is 2.25. The third-order valence-corrected chi connectivity index (χ3v) is 5.54. The number of aromatic nitrogens is 3. The number of benzene rings is 1. The van der Waals surface area contributed by atoms with Crippen LogP contribution in [0.5, 0.6) is 0 Å². The minimum Gasteiger partial charge on any atom is -0.366 e. The van der Waals surface area contributed by atoms with Crippen LogP contribution in [0.2, 0.25) is 5.15 Å². The van der Waals surface area contributed by atoms with E-state index in [9.17, 15) is 4.79 Å². The van der Waals surface area contributed by atoms with Crippen LogP contribution in [0.15, 0.2) is 77.8 Å². The van der Waals surface area contributed by atoms with Crippen molar-refractivity contribution in [1.29, 1.82) is 0 Å². The molecule has 0 spiro atoms. The Hall–Kier alpha value is -3.28. The van der Waals surface area contributed by atoms with Crippen molar-refractivity contribution in [1.82, 2.24) is 15.0 Å². The normalized spacial score (nSPS) is 14.2. The quantitative estimate of drug-likeness (QED) is 0.474. The molecule has 5 nitrogen and oxygen atoms in total. The van der Waals surface area contributed by atoms with E-state index in [1.165, 1.54) is 0 Å². The van der Waals surface area contributed by atoms with Crippen molar-refractivity contribution >= 4 is 17.2 Å². The van der Waals surface area contributed by atoms with Crippen molar-refractivity contribution in [3.8, 4) is 11.1 Å². The molecular weight excluding hydrogens is 422 g/mol. The van der Waals surface area contributed by atoms with Gasteiger partial charge in [0.1, 0.15) is 17.6 Å². The van der Waals surface area contributed by atoms with Gasteiger partial charge in [-0.25, -0.2) is 4.98 Å². The number of nitrogens with zero attached hydrogens (tertiary/aromatic N) is 2. The van der Waals surface area contributed by atoms with E-state index in [2.05, 4.69) is 45.3 Å². The molecule has 0 saturated heterocycles. The standard InChI is InChI=1S/C26H24ClN3O2/c1-17-25(21-11-7-10-20(14-21)19-8-5-3-4-6-9-19)26(31)30-24(29-17)16-32-18(2)22-12-13-23(27)28-15-22/h3,5-15,18H,4,16H2,1-2H3,(H,29,30,31). The van der Waals surface area contributed by atoms with E-state index in [1.54, 1.807) is 12.3 Å². The van der Waals surface area contributed by atoms with Crippen LogP contribution in [0.3, 0.4) is 0 Å². The minimum absolute atomic E-state index is 0.185. The van der Waals surface area contributed by atoms with Gasteiger partial charge in [-0.05, 0) is 54.7 Å². The van der Waals surface area contributed by atoms with Gasteiger partial charge in [0.15, 0.2) is 0 Å². The minimum atomic E-state index is -0.275. The summed E-state index contributed by atoms with van der Waals surface area (Å²) in [7, 11) is 0. The number of halogens is 1. The van der Waals surface area contributed by atoms with Gasteiger partial charge in [-0.1, -0.05) is 66.2 Å². The van der Waals surface area contributed by atoms with Gasteiger partial charge in [0, 0.05) is 11.9 Å². The van der Waals surface area contributed by atoms with Crippen molar-refractivity contribution in [3.63, 3.8) is 0 Å². The molecule has 1 aliphatic carbocycles. The van der Waals surface area contributed by atoms with Gasteiger partial charge < -0.3 is 9.72 Å². The molecule has 0 saturated carbocycles. The molecule has 6 heteroatoms. The molecule has 32 heavy (non-hydrogen) atoms. The lowest BCUT2D eigenvalue weighted by Crippen LogP contribution is -2.17. The van der Waals surface area contributed by atoms with Crippen LogP contribution < -0.4 is 5.56 Å². The smallest absolute Gasteiger partial charge is 0.281 e. The number of allylic oxidation sites excluding steroid dienone is 6. The van der Waals surface area contributed by atoms with Crippen LogP contribution in [0.1, 0.15) is 42.1 Å². The zero-order valence-electron chi connectivity index (χ0n) is 18.0. The number of hydrogen-bond acceptors (Lipinski definition) is 4. The highest BCUT2D eigenvalue weighted by Gasteiger charge is 2.13. The SMILES string of the molecule is Cc1[nH]c(COC(C)c2ccc(Cl)nc2)nc(=O)c1-c1cccc(C2=CC=CCC=C2)c1. The Morgan fingerprint density at radius 2 is 2.03 bits per heavy atom. The van der Waals surface area contributed by atoms with E-state index in [-0.39, 0.29) is 18.3 Å². The summed E-state index contributed by atoms with van der Waals surface area (Å²) in [6, 6.07) is 11.6. The van der Waals surface area contributed by atoms with E-state index in [4.69, 9.17) is 16.3 Å². The van der Waals surface area contributed by atoms with Crippen LogP contribution >= 0.6 is 11.6 Å². The Labute approximate surface area is 192 Å². The van der Waals surface area contributed by atoms with E-state index < -0.39 is 0 Å². The van der Waals surface area contributed by atoms with Gasteiger partial charge in [0.2, 0.25) is 0 Å². The largest absolute Gasteiger partial charge is 0.366 e. The molecule has 1 unspecified atom stereocenters. The van der Waals surface area contributed by atoms with Crippen LogP contribution in [0, 0.1) is 6.92 Å². The Morgan fingerprint density at radius 3 is 2.81 bits per heavy atom. The maximum Gasteiger partial charge on any atom is 0.281 e. The molecule has 1 aromatic carbocycles. The molecule has 0 fully saturated rings. The molecule has 1 atom stereocenters. The molecule has 4 rings (SSSR count). The summed E-state index contributed by atoms with van der Waals surface area (Å²) >= 11 is 5.84. The number of H-pyrrole nitrogens is 1. The first kappa shape index (κ1) is 21.9. The summed E-state index contributed by atoms with van der Waals surface area (Å²) in [5, 5.41) is 0.435. The summed E-state index contributed by atoms with van der Waals surface area (Å²) in [6.07, 6.45) is 12.9. The molecule has 2 heterocycles. The molecular formula is C26H24ClN3O2.